The van der Waals surface area contributed by atoms with Crippen LogP contribution in [0, 0.1) is 6.92 Å². The molecule has 0 saturated carbocycles. The molecule has 0 heterocycles. The third-order valence-corrected chi connectivity index (χ3v) is 2.63. The van der Waals surface area contributed by atoms with Gasteiger partial charge in [0.05, 0.1) is 7.11 Å². The predicted molar refractivity (Wildman–Crippen MR) is 49.8 cm³/mol. The van der Waals surface area contributed by atoms with Crippen LogP contribution in [0.3, 0.4) is 0 Å². The molecule has 12 heavy (non-hydrogen) atoms. The SMILES string of the molecule is COc1c(C)ccc2c1CCC2. The lowest BCUT2D eigenvalue weighted by atomic mass is 10.1. The van der Waals surface area contributed by atoms with Crippen LogP contribution in [0.2, 0.25) is 0 Å². The molecule has 1 aromatic rings. The summed E-state index contributed by atoms with van der Waals surface area (Å²) in [6.07, 6.45) is 3.71. The zero-order valence-corrected chi connectivity index (χ0v) is 7.68. The number of benzene rings is 1. The van der Waals surface area contributed by atoms with Crippen LogP contribution in [0.1, 0.15) is 23.1 Å². The van der Waals surface area contributed by atoms with Crippen molar-refractivity contribution in [3.8, 4) is 5.75 Å². The van der Waals surface area contributed by atoms with E-state index in [0.717, 1.165) is 5.75 Å². The summed E-state index contributed by atoms with van der Waals surface area (Å²) in [6, 6.07) is 4.39. The van der Waals surface area contributed by atoms with E-state index in [1.165, 1.54) is 36.0 Å². The first-order valence-electron chi connectivity index (χ1n) is 4.48. The summed E-state index contributed by atoms with van der Waals surface area (Å²) in [4.78, 5) is 0. The largest absolute Gasteiger partial charge is 0.496 e. The molecule has 0 amide bonds. The van der Waals surface area contributed by atoms with Crippen molar-refractivity contribution in [2.45, 2.75) is 26.2 Å². The maximum absolute atomic E-state index is 5.39. The molecule has 0 atom stereocenters. The molecule has 0 fully saturated rings. The normalized spacial score (nSPS) is 14.5. The highest BCUT2D eigenvalue weighted by atomic mass is 16.5. The zero-order valence-electron chi connectivity index (χ0n) is 7.68. The van der Waals surface area contributed by atoms with Gasteiger partial charge in [0.25, 0.3) is 0 Å². The molecule has 1 aliphatic carbocycles. The molecule has 0 N–H and O–H groups in total. The van der Waals surface area contributed by atoms with E-state index in [-0.39, 0.29) is 0 Å². The van der Waals surface area contributed by atoms with Gasteiger partial charge in [0.2, 0.25) is 0 Å². The second kappa shape index (κ2) is 2.81. The molecule has 1 aromatic carbocycles. The van der Waals surface area contributed by atoms with Gasteiger partial charge in [-0.05, 0) is 42.9 Å². The lowest BCUT2D eigenvalue weighted by Gasteiger charge is -2.09. The average molecular weight is 162 g/mol. The van der Waals surface area contributed by atoms with Crippen molar-refractivity contribution >= 4 is 0 Å². The topological polar surface area (TPSA) is 9.23 Å². The molecule has 0 unspecified atom stereocenters. The van der Waals surface area contributed by atoms with Crippen LogP contribution in [0.15, 0.2) is 12.1 Å². The van der Waals surface area contributed by atoms with E-state index in [4.69, 9.17) is 4.74 Å². The lowest BCUT2D eigenvalue weighted by Crippen LogP contribution is -1.93. The number of fused-ring (bicyclic) bond motifs is 1. The van der Waals surface area contributed by atoms with E-state index in [1.807, 2.05) is 0 Å². The Morgan fingerprint density at radius 3 is 2.83 bits per heavy atom. The predicted octanol–water partition coefficient (Wildman–Crippen LogP) is 2.49. The van der Waals surface area contributed by atoms with Crippen LogP contribution < -0.4 is 4.74 Å². The Hall–Kier alpha value is -0.980. The highest BCUT2D eigenvalue weighted by molar-refractivity contribution is 5.48. The lowest BCUT2D eigenvalue weighted by molar-refractivity contribution is 0.407. The van der Waals surface area contributed by atoms with Crippen molar-refractivity contribution in [1.82, 2.24) is 0 Å². The first kappa shape index (κ1) is 7.66. The highest BCUT2D eigenvalue weighted by Gasteiger charge is 2.16. The minimum absolute atomic E-state index is 1.12. The number of rotatable bonds is 1. The molecule has 0 bridgehead atoms. The molecule has 0 radical (unpaired) electrons. The fourth-order valence-electron chi connectivity index (χ4n) is 2.03. The number of hydrogen-bond acceptors (Lipinski definition) is 1. The Balaban J connectivity index is 2.57. The first-order valence-corrected chi connectivity index (χ1v) is 4.48. The van der Waals surface area contributed by atoms with Gasteiger partial charge in [-0.15, -0.1) is 0 Å². The molecule has 0 spiro atoms. The van der Waals surface area contributed by atoms with E-state index < -0.39 is 0 Å². The standard InChI is InChI=1S/C11H14O/c1-8-6-7-9-4-3-5-10(9)11(8)12-2/h6-7H,3-5H2,1-2H3. The van der Waals surface area contributed by atoms with E-state index in [0.29, 0.717) is 0 Å². The fraction of sp³-hybridized carbons (Fsp3) is 0.455. The van der Waals surface area contributed by atoms with E-state index in [9.17, 15) is 0 Å². The monoisotopic (exact) mass is 162 g/mol. The Morgan fingerprint density at radius 2 is 2.08 bits per heavy atom. The van der Waals surface area contributed by atoms with Gasteiger partial charge < -0.3 is 4.74 Å². The summed E-state index contributed by atoms with van der Waals surface area (Å²) in [7, 11) is 1.76. The number of hydrogen-bond donors (Lipinski definition) is 0. The van der Waals surface area contributed by atoms with Crippen LogP contribution in [0.5, 0.6) is 5.75 Å². The number of aryl methyl sites for hydroxylation is 2. The van der Waals surface area contributed by atoms with E-state index >= 15 is 0 Å². The molecule has 1 aliphatic rings. The molecule has 0 saturated heterocycles. The van der Waals surface area contributed by atoms with Crippen LogP contribution in [0.4, 0.5) is 0 Å². The van der Waals surface area contributed by atoms with Crippen LogP contribution >= 0.6 is 0 Å². The van der Waals surface area contributed by atoms with Gasteiger partial charge in [0.1, 0.15) is 5.75 Å². The Kier molecular flexibility index (Phi) is 1.80. The third-order valence-electron chi connectivity index (χ3n) is 2.63. The van der Waals surface area contributed by atoms with Crippen molar-refractivity contribution in [1.29, 1.82) is 0 Å². The molecule has 64 valence electrons. The Labute approximate surface area is 73.4 Å². The van der Waals surface area contributed by atoms with Gasteiger partial charge in [-0.3, -0.25) is 0 Å². The van der Waals surface area contributed by atoms with E-state index in [1.54, 1.807) is 7.11 Å². The smallest absolute Gasteiger partial charge is 0.125 e. The summed E-state index contributed by atoms with van der Waals surface area (Å²) in [5.74, 6) is 1.12. The number of methoxy groups -OCH3 is 1. The second-order valence-corrected chi connectivity index (χ2v) is 3.41. The summed E-state index contributed by atoms with van der Waals surface area (Å²) >= 11 is 0. The summed E-state index contributed by atoms with van der Waals surface area (Å²) in [5, 5.41) is 0. The molecular weight excluding hydrogens is 148 g/mol. The Bertz CT molecular complexity index is 302. The zero-order chi connectivity index (χ0) is 8.55. The van der Waals surface area contributed by atoms with Gasteiger partial charge in [-0.2, -0.15) is 0 Å². The van der Waals surface area contributed by atoms with E-state index in [2.05, 4.69) is 19.1 Å². The van der Waals surface area contributed by atoms with Gasteiger partial charge >= 0.3 is 0 Å². The van der Waals surface area contributed by atoms with Crippen LogP contribution in [0.25, 0.3) is 0 Å². The maximum atomic E-state index is 5.39. The third kappa shape index (κ3) is 1.01. The van der Waals surface area contributed by atoms with Crippen molar-refractivity contribution in [3.63, 3.8) is 0 Å². The molecule has 1 heteroatoms. The average Bonchev–Trinajstić information content (AvgIpc) is 2.52. The molecule has 0 aliphatic heterocycles. The number of ether oxygens (including phenoxy) is 1. The van der Waals surface area contributed by atoms with Crippen LogP contribution in [-0.4, -0.2) is 7.11 Å². The highest BCUT2D eigenvalue weighted by Crippen LogP contribution is 2.32. The van der Waals surface area contributed by atoms with Crippen molar-refractivity contribution < 1.29 is 4.74 Å². The fourth-order valence-corrected chi connectivity index (χ4v) is 2.03. The van der Waals surface area contributed by atoms with Gasteiger partial charge in [0.15, 0.2) is 0 Å². The summed E-state index contributed by atoms with van der Waals surface area (Å²) < 4.78 is 5.39. The first-order chi connectivity index (χ1) is 5.83. The molecule has 1 nitrogen and oxygen atoms in total. The molecule has 2 rings (SSSR count). The van der Waals surface area contributed by atoms with Gasteiger partial charge in [0, 0.05) is 0 Å². The minimum Gasteiger partial charge on any atom is -0.496 e. The van der Waals surface area contributed by atoms with Gasteiger partial charge in [-0.1, -0.05) is 12.1 Å². The van der Waals surface area contributed by atoms with Crippen LogP contribution in [-0.2, 0) is 12.8 Å². The maximum Gasteiger partial charge on any atom is 0.125 e. The minimum atomic E-state index is 1.12. The molecule has 0 aromatic heterocycles. The second-order valence-electron chi connectivity index (χ2n) is 3.41. The summed E-state index contributed by atoms with van der Waals surface area (Å²) in [5.41, 5.74) is 4.19. The Morgan fingerprint density at radius 1 is 1.25 bits per heavy atom. The molecular formula is C11H14O. The quantitative estimate of drug-likeness (QED) is 0.616. The van der Waals surface area contributed by atoms with Crippen molar-refractivity contribution in [2.24, 2.45) is 0 Å². The van der Waals surface area contributed by atoms with Gasteiger partial charge in [-0.25, -0.2) is 0 Å². The van der Waals surface area contributed by atoms with Crippen molar-refractivity contribution in [3.05, 3.63) is 28.8 Å². The van der Waals surface area contributed by atoms with Crippen molar-refractivity contribution in [2.75, 3.05) is 7.11 Å². The summed E-state index contributed by atoms with van der Waals surface area (Å²) in [6.45, 7) is 2.11.